The SMILES string of the molecule is NCCc1cccc2cc(C3CC3)oc12. The third-order valence-electron chi connectivity index (χ3n) is 3.04. The molecule has 1 aliphatic carbocycles. The van der Waals surface area contributed by atoms with Crippen molar-refractivity contribution in [1.82, 2.24) is 0 Å². The van der Waals surface area contributed by atoms with Gasteiger partial charge in [-0.25, -0.2) is 0 Å². The Morgan fingerprint density at radius 2 is 2.20 bits per heavy atom. The average Bonchev–Trinajstić information content (AvgIpc) is 2.99. The zero-order valence-corrected chi connectivity index (χ0v) is 8.70. The minimum atomic E-state index is 0.679. The Bertz CT molecular complexity index is 482. The lowest BCUT2D eigenvalue weighted by molar-refractivity contribution is 0.549. The molecule has 0 bridgehead atoms. The van der Waals surface area contributed by atoms with Crippen molar-refractivity contribution < 1.29 is 4.42 Å². The van der Waals surface area contributed by atoms with Gasteiger partial charge in [0.25, 0.3) is 0 Å². The highest BCUT2D eigenvalue weighted by atomic mass is 16.3. The van der Waals surface area contributed by atoms with Crippen LogP contribution in [0.15, 0.2) is 28.7 Å². The molecule has 2 nitrogen and oxygen atoms in total. The first-order chi connectivity index (χ1) is 7.38. The van der Waals surface area contributed by atoms with Crippen LogP contribution in [-0.4, -0.2) is 6.54 Å². The first kappa shape index (κ1) is 8.98. The van der Waals surface area contributed by atoms with Gasteiger partial charge in [0.2, 0.25) is 0 Å². The molecule has 0 aliphatic heterocycles. The first-order valence-electron chi connectivity index (χ1n) is 5.60. The molecule has 0 atom stereocenters. The molecule has 0 saturated heterocycles. The van der Waals surface area contributed by atoms with Gasteiger partial charge in [0, 0.05) is 11.3 Å². The number of nitrogens with two attached hydrogens (primary N) is 1. The fourth-order valence-corrected chi connectivity index (χ4v) is 2.06. The van der Waals surface area contributed by atoms with Gasteiger partial charge in [-0.3, -0.25) is 0 Å². The quantitative estimate of drug-likeness (QED) is 0.829. The molecule has 0 spiro atoms. The fourth-order valence-electron chi connectivity index (χ4n) is 2.06. The van der Waals surface area contributed by atoms with Crippen molar-refractivity contribution >= 4 is 11.0 Å². The Balaban J connectivity index is 2.11. The van der Waals surface area contributed by atoms with E-state index in [-0.39, 0.29) is 0 Å². The number of para-hydroxylation sites is 1. The summed E-state index contributed by atoms with van der Waals surface area (Å²) in [7, 11) is 0. The molecule has 1 aliphatic rings. The van der Waals surface area contributed by atoms with Crippen molar-refractivity contribution in [3.8, 4) is 0 Å². The molecule has 0 amide bonds. The molecule has 1 heterocycles. The summed E-state index contributed by atoms with van der Waals surface area (Å²) in [6.45, 7) is 0.679. The molecule has 0 unspecified atom stereocenters. The first-order valence-corrected chi connectivity index (χ1v) is 5.60. The summed E-state index contributed by atoms with van der Waals surface area (Å²) in [5, 5.41) is 1.22. The summed E-state index contributed by atoms with van der Waals surface area (Å²) in [6, 6.07) is 8.49. The van der Waals surface area contributed by atoms with Crippen LogP contribution in [0.4, 0.5) is 0 Å². The Labute approximate surface area is 89.1 Å². The zero-order chi connectivity index (χ0) is 10.3. The normalized spacial score (nSPS) is 16.1. The Hall–Kier alpha value is -1.28. The third-order valence-corrected chi connectivity index (χ3v) is 3.04. The molecule has 2 N–H and O–H groups in total. The molecule has 1 fully saturated rings. The van der Waals surface area contributed by atoms with E-state index in [0.29, 0.717) is 12.5 Å². The number of rotatable bonds is 3. The summed E-state index contributed by atoms with van der Waals surface area (Å²) in [6.07, 6.45) is 3.47. The van der Waals surface area contributed by atoms with Crippen LogP contribution in [-0.2, 0) is 6.42 Å². The number of benzene rings is 1. The van der Waals surface area contributed by atoms with Crippen molar-refractivity contribution in [1.29, 1.82) is 0 Å². The largest absolute Gasteiger partial charge is 0.460 e. The van der Waals surface area contributed by atoms with Crippen LogP contribution in [0.5, 0.6) is 0 Å². The van der Waals surface area contributed by atoms with Gasteiger partial charge >= 0.3 is 0 Å². The van der Waals surface area contributed by atoms with E-state index in [1.807, 2.05) is 0 Å². The molecule has 15 heavy (non-hydrogen) atoms. The lowest BCUT2D eigenvalue weighted by atomic mass is 10.1. The second kappa shape index (κ2) is 3.38. The molecule has 1 saturated carbocycles. The highest BCUT2D eigenvalue weighted by Gasteiger charge is 2.27. The summed E-state index contributed by atoms with van der Waals surface area (Å²) in [4.78, 5) is 0. The van der Waals surface area contributed by atoms with Crippen molar-refractivity contribution in [2.75, 3.05) is 6.54 Å². The molecule has 2 aromatic rings. The van der Waals surface area contributed by atoms with Crippen LogP contribution in [0.25, 0.3) is 11.0 Å². The number of hydrogen-bond acceptors (Lipinski definition) is 2. The number of fused-ring (bicyclic) bond motifs is 1. The topological polar surface area (TPSA) is 39.2 Å². The van der Waals surface area contributed by atoms with Gasteiger partial charge in [0.05, 0.1) is 0 Å². The summed E-state index contributed by atoms with van der Waals surface area (Å²) >= 11 is 0. The average molecular weight is 201 g/mol. The minimum absolute atomic E-state index is 0.679. The second-order valence-corrected chi connectivity index (χ2v) is 4.30. The number of hydrogen-bond donors (Lipinski definition) is 1. The van der Waals surface area contributed by atoms with Crippen molar-refractivity contribution in [3.63, 3.8) is 0 Å². The van der Waals surface area contributed by atoms with Gasteiger partial charge < -0.3 is 10.2 Å². The smallest absolute Gasteiger partial charge is 0.137 e. The Morgan fingerprint density at radius 3 is 2.93 bits per heavy atom. The zero-order valence-electron chi connectivity index (χ0n) is 8.70. The monoisotopic (exact) mass is 201 g/mol. The molecule has 78 valence electrons. The second-order valence-electron chi connectivity index (χ2n) is 4.30. The van der Waals surface area contributed by atoms with Crippen LogP contribution in [0.3, 0.4) is 0 Å². The highest BCUT2D eigenvalue weighted by molar-refractivity contribution is 5.81. The van der Waals surface area contributed by atoms with Crippen molar-refractivity contribution in [2.45, 2.75) is 25.2 Å². The highest BCUT2D eigenvalue weighted by Crippen LogP contribution is 2.42. The van der Waals surface area contributed by atoms with E-state index in [4.69, 9.17) is 10.2 Å². The van der Waals surface area contributed by atoms with Crippen molar-refractivity contribution in [3.05, 3.63) is 35.6 Å². The van der Waals surface area contributed by atoms with E-state index >= 15 is 0 Å². The minimum Gasteiger partial charge on any atom is -0.460 e. The summed E-state index contributed by atoms with van der Waals surface area (Å²) in [5.41, 5.74) is 7.87. The van der Waals surface area contributed by atoms with Gasteiger partial charge in [-0.15, -0.1) is 0 Å². The predicted octanol–water partition coefficient (Wildman–Crippen LogP) is 2.81. The van der Waals surface area contributed by atoms with E-state index in [0.717, 1.165) is 17.8 Å². The molecule has 1 aromatic heterocycles. The molecule has 1 aromatic carbocycles. The molecule has 3 rings (SSSR count). The molecule has 2 heteroatoms. The van der Waals surface area contributed by atoms with Gasteiger partial charge in [-0.05, 0) is 37.4 Å². The van der Waals surface area contributed by atoms with Crippen LogP contribution in [0.2, 0.25) is 0 Å². The maximum absolute atomic E-state index is 5.92. The lowest BCUT2D eigenvalue weighted by Crippen LogP contribution is -2.02. The third kappa shape index (κ3) is 1.55. The molecule has 0 radical (unpaired) electrons. The Morgan fingerprint density at radius 1 is 1.33 bits per heavy atom. The van der Waals surface area contributed by atoms with Gasteiger partial charge in [0.15, 0.2) is 0 Å². The molecular formula is C13H15NO. The Kier molecular flexibility index (Phi) is 2.03. The van der Waals surface area contributed by atoms with E-state index in [9.17, 15) is 0 Å². The lowest BCUT2D eigenvalue weighted by Gasteiger charge is -1.98. The number of furan rings is 1. The summed E-state index contributed by atoms with van der Waals surface area (Å²) < 4.78 is 5.92. The van der Waals surface area contributed by atoms with E-state index in [1.54, 1.807) is 0 Å². The van der Waals surface area contributed by atoms with Crippen LogP contribution in [0.1, 0.15) is 30.1 Å². The van der Waals surface area contributed by atoms with E-state index in [1.165, 1.54) is 23.8 Å². The maximum atomic E-state index is 5.92. The van der Waals surface area contributed by atoms with Gasteiger partial charge in [-0.1, -0.05) is 18.2 Å². The van der Waals surface area contributed by atoms with E-state index < -0.39 is 0 Å². The van der Waals surface area contributed by atoms with E-state index in [2.05, 4.69) is 24.3 Å². The van der Waals surface area contributed by atoms with Crippen LogP contribution in [0, 0.1) is 0 Å². The predicted molar refractivity (Wildman–Crippen MR) is 60.9 cm³/mol. The fraction of sp³-hybridized carbons (Fsp3) is 0.385. The van der Waals surface area contributed by atoms with Gasteiger partial charge in [-0.2, -0.15) is 0 Å². The standard InChI is InChI=1S/C13H15NO/c14-7-6-10-2-1-3-11-8-12(9-4-5-9)15-13(10)11/h1-3,8-9H,4-7,14H2. The molecular weight excluding hydrogens is 186 g/mol. The van der Waals surface area contributed by atoms with Crippen LogP contribution >= 0.6 is 0 Å². The maximum Gasteiger partial charge on any atom is 0.137 e. The summed E-state index contributed by atoms with van der Waals surface area (Å²) in [5.74, 6) is 1.84. The van der Waals surface area contributed by atoms with Crippen molar-refractivity contribution in [2.24, 2.45) is 5.73 Å². The van der Waals surface area contributed by atoms with Gasteiger partial charge in [0.1, 0.15) is 11.3 Å². The van der Waals surface area contributed by atoms with Crippen LogP contribution < -0.4 is 5.73 Å².